The fourth-order valence-corrected chi connectivity index (χ4v) is 2.82. The van der Waals surface area contributed by atoms with Crippen molar-refractivity contribution < 1.29 is 23.5 Å². The van der Waals surface area contributed by atoms with Gasteiger partial charge in [-0.25, -0.2) is 29.0 Å². The predicted octanol–water partition coefficient (Wildman–Crippen LogP) is 1.43. The second kappa shape index (κ2) is 9.92. The van der Waals surface area contributed by atoms with Gasteiger partial charge in [-0.3, -0.25) is 10.2 Å². The topological polar surface area (TPSA) is 111 Å². The van der Waals surface area contributed by atoms with E-state index in [1.807, 2.05) is 0 Å². The maximum Gasteiger partial charge on any atom is 0.357 e. The number of halogens is 2. The molecule has 2 heterocycles. The highest BCUT2D eigenvalue weighted by Crippen LogP contribution is 2.24. The first kappa shape index (κ1) is 22.2. The Kier molecular flexibility index (Phi) is 7.59. The number of hydrogen-bond acceptors (Lipinski definition) is 7. The lowest BCUT2D eigenvalue weighted by molar-refractivity contribution is -0.127. The molecule has 1 fully saturated rings. The van der Waals surface area contributed by atoms with E-state index in [9.17, 15) is 18.4 Å². The second-order valence-corrected chi connectivity index (χ2v) is 6.62. The van der Waals surface area contributed by atoms with Gasteiger partial charge < -0.3 is 14.9 Å². The van der Waals surface area contributed by atoms with Gasteiger partial charge in [-0.15, -0.1) is 0 Å². The molecule has 0 saturated carbocycles. The molecule has 1 amide bonds. The summed E-state index contributed by atoms with van der Waals surface area (Å²) in [4.78, 5) is 33.8. The van der Waals surface area contributed by atoms with Gasteiger partial charge in [0, 0.05) is 32.3 Å². The largest absolute Gasteiger partial charge is 0.476 e. The van der Waals surface area contributed by atoms with Crippen LogP contribution in [0.3, 0.4) is 0 Å². The Morgan fingerprint density at radius 3 is 2.66 bits per heavy atom. The fourth-order valence-electron chi connectivity index (χ4n) is 2.82. The van der Waals surface area contributed by atoms with Gasteiger partial charge in [0.1, 0.15) is 12.2 Å². The normalized spacial score (nSPS) is 16.3. The summed E-state index contributed by atoms with van der Waals surface area (Å²) in [6, 6.07) is 0. The van der Waals surface area contributed by atoms with Crippen LogP contribution in [0.4, 0.5) is 14.6 Å². The molecule has 1 saturated heterocycles. The molecule has 0 aromatic carbocycles. The quantitative estimate of drug-likeness (QED) is 0.335. The van der Waals surface area contributed by atoms with Crippen molar-refractivity contribution in [2.24, 2.45) is 5.92 Å². The molecule has 158 valence electrons. The SMILES string of the molecule is C=C/C(F)=C\N(C)C(C)NNC(=O)C1CCN(c2ncnc(C(=O)O)c2F)CC1. The molecule has 11 heteroatoms. The number of amides is 1. The van der Waals surface area contributed by atoms with E-state index in [1.54, 1.807) is 18.9 Å². The Morgan fingerprint density at radius 1 is 1.41 bits per heavy atom. The summed E-state index contributed by atoms with van der Waals surface area (Å²) in [6.07, 6.45) is 3.84. The summed E-state index contributed by atoms with van der Waals surface area (Å²) in [5.41, 5.74) is 4.73. The molecule has 0 aliphatic carbocycles. The molecular formula is C18H24F2N6O3. The van der Waals surface area contributed by atoms with Crippen molar-refractivity contribution in [1.29, 1.82) is 0 Å². The lowest BCUT2D eigenvalue weighted by Crippen LogP contribution is -2.51. The number of piperidine rings is 1. The van der Waals surface area contributed by atoms with Gasteiger partial charge in [0.15, 0.2) is 17.3 Å². The zero-order valence-electron chi connectivity index (χ0n) is 16.2. The summed E-state index contributed by atoms with van der Waals surface area (Å²) in [7, 11) is 1.65. The number of rotatable bonds is 8. The molecule has 1 aliphatic rings. The predicted molar refractivity (Wildman–Crippen MR) is 102 cm³/mol. The van der Waals surface area contributed by atoms with Crippen LogP contribution in [-0.4, -0.2) is 58.2 Å². The highest BCUT2D eigenvalue weighted by Gasteiger charge is 2.29. The molecule has 1 aliphatic heterocycles. The first-order chi connectivity index (χ1) is 13.7. The van der Waals surface area contributed by atoms with E-state index in [1.165, 1.54) is 11.1 Å². The molecule has 29 heavy (non-hydrogen) atoms. The van der Waals surface area contributed by atoms with Gasteiger partial charge in [0.05, 0.1) is 6.17 Å². The van der Waals surface area contributed by atoms with Crippen molar-refractivity contribution in [1.82, 2.24) is 25.7 Å². The molecule has 0 radical (unpaired) electrons. The van der Waals surface area contributed by atoms with Crippen LogP contribution in [0, 0.1) is 11.7 Å². The van der Waals surface area contributed by atoms with E-state index in [4.69, 9.17) is 5.11 Å². The minimum atomic E-state index is -1.46. The number of anilines is 1. The van der Waals surface area contributed by atoms with Crippen LogP contribution in [0.2, 0.25) is 0 Å². The zero-order chi connectivity index (χ0) is 21.6. The zero-order valence-corrected chi connectivity index (χ0v) is 16.2. The number of aromatic nitrogens is 2. The summed E-state index contributed by atoms with van der Waals surface area (Å²) in [6.45, 7) is 5.76. The van der Waals surface area contributed by atoms with Gasteiger partial charge >= 0.3 is 5.97 Å². The smallest absolute Gasteiger partial charge is 0.357 e. The minimum Gasteiger partial charge on any atom is -0.476 e. The van der Waals surface area contributed by atoms with E-state index >= 15 is 0 Å². The second-order valence-electron chi connectivity index (χ2n) is 6.62. The standard InChI is InChI=1S/C18H24F2N6O3/c1-4-13(19)9-25(3)11(2)23-24-17(27)12-5-7-26(8-6-12)16-14(20)15(18(28)29)21-10-22-16/h4,9-12,23H,1,5-8H2,2-3H3,(H,24,27)(H,28,29)/b13-9+. The average molecular weight is 410 g/mol. The molecule has 1 unspecified atom stereocenters. The summed E-state index contributed by atoms with van der Waals surface area (Å²) >= 11 is 0. The summed E-state index contributed by atoms with van der Waals surface area (Å²) < 4.78 is 27.5. The molecule has 0 spiro atoms. The molecule has 3 N–H and O–H groups in total. The number of aromatic carboxylic acids is 1. The molecule has 1 atom stereocenters. The third-order valence-electron chi connectivity index (χ3n) is 4.68. The van der Waals surface area contributed by atoms with Crippen LogP contribution in [-0.2, 0) is 4.79 Å². The average Bonchev–Trinajstić information content (AvgIpc) is 2.71. The Morgan fingerprint density at radius 2 is 2.07 bits per heavy atom. The number of nitrogens with zero attached hydrogens (tertiary/aromatic N) is 4. The maximum absolute atomic E-state index is 14.3. The lowest BCUT2D eigenvalue weighted by Gasteiger charge is -2.33. The van der Waals surface area contributed by atoms with Crippen molar-refractivity contribution in [2.45, 2.75) is 25.9 Å². The fraction of sp³-hybridized carbons (Fsp3) is 0.444. The Hall–Kier alpha value is -3.08. The van der Waals surface area contributed by atoms with Gasteiger partial charge in [0.2, 0.25) is 5.91 Å². The molecule has 0 bridgehead atoms. The van der Waals surface area contributed by atoms with Crippen LogP contribution >= 0.6 is 0 Å². The summed E-state index contributed by atoms with van der Waals surface area (Å²) in [5, 5.41) is 8.97. The Bertz CT molecular complexity index is 796. The van der Waals surface area contributed by atoms with E-state index in [0.29, 0.717) is 25.9 Å². The van der Waals surface area contributed by atoms with Crippen LogP contribution in [0.5, 0.6) is 0 Å². The van der Waals surface area contributed by atoms with Crippen LogP contribution in [0.1, 0.15) is 30.3 Å². The molecule has 9 nitrogen and oxygen atoms in total. The highest BCUT2D eigenvalue weighted by atomic mass is 19.1. The van der Waals surface area contributed by atoms with Gasteiger partial charge in [0.25, 0.3) is 0 Å². The number of nitrogens with one attached hydrogen (secondary N) is 2. The van der Waals surface area contributed by atoms with Crippen molar-refractivity contribution >= 4 is 17.7 Å². The number of carboxylic acids is 1. The minimum absolute atomic E-state index is 0.0827. The van der Waals surface area contributed by atoms with E-state index < -0.39 is 23.3 Å². The number of carboxylic acid groups (broad SMARTS) is 1. The lowest BCUT2D eigenvalue weighted by atomic mass is 9.96. The van der Waals surface area contributed by atoms with E-state index in [0.717, 1.165) is 12.4 Å². The Labute approximate surface area is 167 Å². The van der Waals surface area contributed by atoms with Crippen molar-refractivity contribution in [3.05, 3.63) is 42.5 Å². The highest BCUT2D eigenvalue weighted by molar-refractivity contribution is 5.86. The molecule has 1 aromatic rings. The number of carbonyl (C=O) groups excluding carboxylic acids is 1. The molecular weight excluding hydrogens is 386 g/mol. The van der Waals surface area contributed by atoms with E-state index in [2.05, 4.69) is 27.4 Å². The van der Waals surface area contributed by atoms with Crippen LogP contribution < -0.4 is 15.8 Å². The third-order valence-corrected chi connectivity index (χ3v) is 4.68. The third kappa shape index (κ3) is 5.70. The maximum atomic E-state index is 14.3. The van der Waals surface area contributed by atoms with Crippen molar-refractivity contribution in [3.8, 4) is 0 Å². The first-order valence-corrected chi connectivity index (χ1v) is 9.00. The molecule has 2 rings (SSSR count). The monoisotopic (exact) mass is 410 g/mol. The first-order valence-electron chi connectivity index (χ1n) is 9.00. The number of hydrogen-bond donors (Lipinski definition) is 3. The van der Waals surface area contributed by atoms with Gasteiger partial charge in [-0.1, -0.05) is 6.58 Å². The van der Waals surface area contributed by atoms with Crippen molar-refractivity contribution in [2.75, 3.05) is 25.0 Å². The van der Waals surface area contributed by atoms with Crippen molar-refractivity contribution in [3.63, 3.8) is 0 Å². The van der Waals surface area contributed by atoms with Crippen LogP contribution in [0.15, 0.2) is 31.0 Å². The summed E-state index contributed by atoms with van der Waals surface area (Å²) in [5.74, 6) is -3.56. The number of allylic oxidation sites excluding steroid dienone is 2. The molecule has 1 aromatic heterocycles. The number of hydrazine groups is 1. The van der Waals surface area contributed by atoms with Gasteiger partial charge in [-0.05, 0) is 25.8 Å². The number of carbonyl (C=O) groups is 2. The van der Waals surface area contributed by atoms with E-state index in [-0.39, 0.29) is 23.8 Å². The van der Waals surface area contributed by atoms with Crippen LogP contribution in [0.25, 0.3) is 0 Å². The van der Waals surface area contributed by atoms with Gasteiger partial charge in [-0.2, -0.15) is 0 Å². The Balaban J connectivity index is 1.88.